The third-order valence-electron chi connectivity index (χ3n) is 3.75. The first-order chi connectivity index (χ1) is 11.6. The molecule has 0 unspecified atom stereocenters. The molecule has 0 spiro atoms. The van der Waals surface area contributed by atoms with Crippen molar-refractivity contribution in [3.05, 3.63) is 59.7 Å². The second-order valence-corrected chi connectivity index (χ2v) is 9.67. The summed E-state index contributed by atoms with van der Waals surface area (Å²) in [6, 6.07) is 13.1. The van der Waals surface area contributed by atoms with E-state index in [4.69, 9.17) is 0 Å². The van der Waals surface area contributed by atoms with Gasteiger partial charge in [-0.15, -0.1) is 0 Å². The summed E-state index contributed by atoms with van der Waals surface area (Å²) < 4.78 is 53.0. The molecule has 2 aromatic carbocycles. The maximum atomic E-state index is 12.5. The Labute approximate surface area is 149 Å². The van der Waals surface area contributed by atoms with E-state index in [2.05, 4.69) is 4.72 Å². The van der Waals surface area contributed by atoms with E-state index in [0.717, 1.165) is 15.4 Å². The van der Waals surface area contributed by atoms with Crippen molar-refractivity contribution in [2.75, 3.05) is 20.1 Å². The predicted octanol–water partition coefficient (Wildman–Crippen LogP) is 1.90. The molecular formula is C17H22N2O4S2. The average molecular weight is 383 g/mol. The Balaban J connectivity index is 2.02. The molecule has 0 saturated carbocycles. The average Bonchev–Trinajstić information content (AvgIpc) is 2.55. The van der Waals surface area contributed by atoms with Crippen LogP contribution in [0, 0.1) is 13.8 Å². The molecule has 2 rings (SSSR count). The topological polar surface area (TPSA) is 83.6 Å². The molecule has 6 nitrogen and oxygen atoms in total. The molecule has 1 N–H and O–H groups in total. The lowest BCUT2D eigenvalue weighted by Crippen LogP contribution is -2.36. The first-order valence-electron chi connectivity index (χ1n) is 7.72. The summed E-state index contributed by atoms with van der Waals surface area (Å²) in [6.07, 6.45) is 0. The van der Waals surface area contributed by atoms with Crippen LogP contribution in [0.2, 0.25) is 0 Å². The van der Waals surface area contributed by atoms with Crippen molar-refractivity contribution < 1.29 is 16.8 Å². The highest BCUT2D eigenvalue weighted by atomic mass is 32.2. The van der Waals surface area contributed by atoms with Gasteiger partial charge in [-0.05, 0) is 43.7 Å². The maximum absolute atomic E-state index is 12.5. The smallest absolute Gasteiger partial charge is 0.210 e. The van der Waals surface area contributed by atoms with Gasteiger partial charge in [0.2, 0.25) is 20.0 Å². The van der Waals surface area contributed by atoms with Crippen molar-refractivity contribution >= 4 is 20.0 Å². The van der Waals surface area contributed by atoms with E-state index in [1.807, 2.05) is 6.92 Å². The number of hydrogen-bond donors (Lipinski definition) is 1. The summed E-state index contributed by atoms with van der Waals surface area (Å²) >= 11 is 0. The molecule has 0 saturated heterocycles. The minimum Gasteiger partial charge on any atom is -0.210 e. The second kappa shape index (κ2) is 7.65. The lowest BCUT2D eigenvalue weighted by molar-refractivity contribution is 0.469. The number of nitrogens with zero attached hydrogens (tertiary/aromatic N) is 1. The fourth-order valence-corrected chi connectivity index (χ4v) is 4.51. The van der Waals surface area contributed by atoms with Gasteiger partial charge in [0.15, 0.2) is 0 Å². The Bertz CT molecular complexity index is 937. The summed E-state index contributed by atoms with van der Waals surface area (Å²) in [6.45, 7) is 3.69. The van der Waals surface area contributed by atoms with E-state index >= 15 is 0 Å². The molecule has 0 radical (unpaired) electrons. The lowest BCUT2D eigenvalue weighted by atomic mass is 10.2. The zero-order chi connectivity index (χ0) is 18.7. The van der Waals surface area contributed by atoms with Crippen LogP contribution in [0.25, 0.3) is 0 Å². The number of aryl methyl sites for hydroxylation is 2. The molecule has 8 heteroatoms. The van der Waals surface area contributed by atoms with Crippen molar-refractivity contribution in [1.82, 2.24) is 9.03 Å². The molecule has 0 aliphatic rings. The minimum absolute atomic E-state index is 0.0160. The normalized spacial score (nSPS) is 12.5. The third kappa shape index (κ3) is 4.88. The van der Waals surface area contributed by atoms with Gasteiger partial charge in [-0.25, -0.2) is 21.6 Å². The Kier molecular flexibility index (Phi) is 5.99. The van der Waals surface area contributed by atoms with Crippen molar-refractivity contribution in [1.29, 1.82) is 0 Å². The lowest BCUT2D eigenvalue weighted by Gasteiger charge is -2.17. The van der Waals surface area contributed by atoms with Crippen LogP contribution in [0.5, 0.6) is 0 Å². The van der Waals surface area contributed by atoms with E-state index in [1.165, 1.54) is 25.2 Å². The summed E-state index contributed by atoms with van der Waals surface area (Å²) in [5.74, 6) is 0. The number of sulfonamides is 2. The fraction of sp³-hybridized carbons (Fsp3) is 0.294. The molecule has 0 aliphatic carbocycles. The third-order valence-corrected chi connectivity index (χ3v) is 7.08. The number of likely N-dealkylation sites (N-methyl/N-ethyl adjacent to an activating group) is 1. The molecule has 0 aromatic heterocycles. The van der Waals surface area contributed by atoms with Crippen LogP contribution >= 0.6 is 0 Å². The number of hydrogen-bond acceptors (Lipinski definition) is 4. The molecule has 0 fully saturated rings. The van der Waals surface area contributed by atoms with Crippen LogP contribution in [-0.2, 0) is 20.0 Å². The molecule has 25 heavy (non-hydrogen) atoms. The fourth-order valence-electron chi connectivity index (χ4n) is 2.21. The highest BCUT2D eigenvalue weighted by molar-refractivity contribution is 7.89. The van der Waals surface area contributed by atoms with Gasteiger partial charge in [0.1, 0.15) is 0 Å². The highest BCUT2D eigenvalue weighted by Gasteiger charge is 2.21. The SMILES string of the molecule is Cc1ccc(S(=O)(=O)N(C)CCNS(=O)(=O)c2cccc(C)c2)cc1. The first-order valence-corrected chi connectivity index (χ1v) is 10.6. The standard InChI is InChI=1S/C17H22N2O4S2/c1-14-7-9-16(10-8-14)25(22,23)19(3)12-11-18-24(20,21)17-6-4-5-15(2)13-17/h4-10,13,18H,11-12H2,1-3H3. The van der Waals surface area contributed by atoms with Gasteiger partial charge in [0.25, 0.3) is 0 Å². The van der Waals surface area contributed by atoms with Crippen LogP contribution in [0.1, 0.15) is 11.1 Å². The first kappa shape index (κ1) is 19.6. The summed E-state index contributed by atoms with van der Waals surface area (Å²) in [7, 11) is -5.89. The van der Waals surface area contributed by atoms with Crippen LogP contribution in [0.15, 0.2) is 58.3 Å². The molecular weight excluding hydrogens is 360 g/mol. The summed E-state index contributed by atoms with van der Waals surface area (Å²) in [5, 5.41) is 0. The van der Waals surface area contributed by atoms with Crippen LogP contribution in [0.3, 0.4) is 0 Å². The zero-order valence-corrected chi connectivity index (χ0v) is 16.1. The van der Waals surface area contributed by atoms with E-state index in [9.17, 15) is 16.8 Å². The van der Waals surface area contributed by atoms with E-state index in [0.29, 0.717) is 0 Å². The van der Waals surface area contributed by atoms with Crippen LogP contribution in [-0.4, -0.2) is 41.3 Å². The highest BCUT2D eigenvalue weighted by Crippen LogP contribution is 2.15. The van der Waals surface area contributed by atoms with Gasteiger partial charge in [0, 0.05) is 20.1 Å². The molecule has 0 bridgehead atoms. The molecule has 0 amide bonds. The van der Waals surface area contributed by atoms with E-state index < -0.39 is 20.0 Å². The molecule has 0 atom stereocenters. The minimum atomic E-state index is -3.67. The number of rotatable bonds is 7. The van der Waals surface area contributed by atoms with Crippen molar-refractivity contribution in [3.8, 4) is 0 Å². The Hall–Kier alpha value is -1.74. The quantitative estimate of drug-likeness (QED) is 0.793. The summed E-state index contributed by atoms with van der Waals surface area (Å²) in [4.78, 5) is 0.346. The Morgan fingerprint density at radius 2 is 1.52 bits per heavy atom. The van der Waals surface area contributed by atoms with Gasteiger partial charge in [-0.3, -0.25) is 0 Å². The largest absolute Gasteiger partial charge is 0.242 e. The van der Waals surface area contributed by atoms with Crippen LogP contribution < -0.4 is 4.72 Å². The van der Waals surface area contributed by atoms with Gasteiger partial charge in [0.05, 0.1) is 9.79 Å². The van der Waals surface area contributed by atoms with E-state index in [1.54, 1.807) is 37.3 Å². The maximum Gasteiger partial charge on any atom is 0.242 e. The molecule has 2 aromatic rings. The Morgan fingerprint density at radius 1 is 0.880 bits per heavy atom. The Morgan fingerprint density at radius 3 is 2.12 bits per heavy atom. The van der Waals surface area contributed by atoms with Gasteiger partial charge in [-0.2, -0.15) is 4.31 Å². The molecule has 0 aliphatic heterocycles. The molecule has 0 heterocycles. The van der Waals surface area contributed by atoms with Crippen molar-refractivity contribution in [3.63, 3.8) is 0 Å². The number of benzene rings is 2. The van der Waals surface area contributed by atoms with Gasteiger partial charge >= 0.3 is 0 Å². The zero-order valence-electron chi connectivity index (χ0n) is 14.4. The van der Waals surface area contributed by atoms with Crippen molar-refractivity contribution in [2.45, 2.75) is 23.6 Å². The second-order valence-electron chi connectivity index (χ2n) is 5.85. The van der Waals surface area contributed by atoms with Gasteiger partial charge in [-0.1, -0.05) is 29.8 Å². The van der Waals surface area contributed by atoms with Crippen molar-refractivity contribution in [2.24, 2.45) is 0 Å². The predicted molar refractivity (Wildman–Crippen MR) is 97.4 cm³/mol. The monoisotopic (exact) mass is 382 g/mol. The summed E-state index contributed by atoms with van der Waals surface area (Å²) in [5.41, 5.74) is 1.80. The van der Waals surface area contributed by atoms with Gasteiger partial charge < -0.3 is 0 Å². The molecule has 136 valence electrons. The van der Waals surface area contributed by atoms with Crippen LogP contribution in [0.4, 0.5) is 0 Å². The number of nitrogens with one attached hydrogen (secondary N) is 1. The van der Waals surface area contributed by atoms with E-state index in [-0.39, 0.29) is 22.9 Å².